The lowest BCUT2D eigenvalue weighted by Crippen LogP contribution is -2.29. The van der Waals surface area contributed by atoms with E-state index in [1.807, 2.05) is 24.3 Å². The molecule has 1 amide bonds. The Morgan fingerprint density at radius 2 is 1.82 bits per heavy atom. The maximum atomic E-state index is 13.2. The fraction of sp³-hybridized carbons (Fsp3) is 0.208. The molecule has 0 spiro atoms. The van der Waals surface area contributed by atoms with Crippen LogP contribution in [0.1, 0.15) is 15.9 Å². The molecular weight excluding hydrogens is 508 g/mol. The molecule has 0 aliphatic carbocycles. The van der Waals surface area contributed by atoms with Gasteiger partial charge in [-0.25, -0.2) is 8.42 Å². The predicted molar refractivity (Wildman–Crippen MR) is 131 cm³/mol. The highest BCUT2D eigenvalue weighted by atomic mass is 79.9. The first-order valence-corrected chi connectivity index (χ1v) is 12.6. The van der Waals surface area contributed by atoms with Gasteiger partial charge in [-0.3, -0.25) is 9.10 Å². The van der Waals surface area contributed by atoms with Crippen molar-refractivity contribution < 1.29 is 22.7 Å². The smallest absolute Gasteiger partial charge is 0.264 e. The van der Waals surface area contributed by atoms with E-state index < -0.39 is 10.0 Å². The second-order valence-electron chi connectivity index (χ2n) is 7.42. The lowest BCUT2D eigenvalue weighted by molar-refractivity contribution is 0.101. The van der Waals surface area contributed by atoms with Crippen LogP contribution in [0.15, 0.2) is 76.1 Å². The van der Waals surface area contributed by atoms with Crippen LogP contribution in [0.5, 0.6) is 5.75 Å². The Morgan fingerprint density at radius 3 is 2.58 bits per heavy atom. The minimum atomic E-state index is -3.69. The number of nitrogens with zero attached hydrogens (tertiary/aromatic N) is 1. The third kappa shape index (κ3) is 5.05. The highest BCUT2D eigenvalue weighted by Gasteiger charge is 2.30. The molecule has 33 heavy (non-hydrogen) atoms. The molecule has 0 saturated heterocycles. The van der Waals surface area contributed by atoms with E-state index in [1.165, 1.54) is 16.4 Å². The van der Waals surface area contributed by atoms with Crippen molar-refractivity contribution in [1.29, 1.82) is 0 Å². The Balaban J connectivity index is 1.51. The van der Waals surface area contributed by atoms with Gasteiger partial charge >= 0.3 is 0 Å². The van der Waals surface area contributed by atoms with E-state index in [-0.39, 0.29) is 10.8 Å². The summed E-state index contributed by atoms with van der Waals surface area (Å²) in [7, 11) is -2.12. The fourth-order valence-electron chi connectivity index (χ4n) is 3.63. The summed E-state index contributed by atoms with van der Waals surface area (Å²) in [6.07, 6.45) is 0.685. The van der Waals surface area contributed by atoms with Gasteiger partial charge in [-0.1, -0.05) is 34.1 Å². The SMILES string of the molecule is COCCOc1ccc(Br)cc1C(=O)Nc1ccc(S(=O)(=O)N2CCc3ccccc32)cc1. The molecule has 0 fully saturated rings. The van der Waals surface area contributed by atoms with Crippen LogP contribution in [0.3, 0.4) is 0 Å². The number of benzene rings is 3. The van der Waals surface area contributed by atoms with Crippen molar-refractivity contribution in [2.75, 3.05) is 36.5 Å². The highest BCUT2D eigenvalue weighted by Crippen LogP contribution is 2.33. The highest BCUT2D eigenvalue weighted by molar-refractivity contribution is 9.10. The van der Waals surface area contributed by atoms with E-state index in [0.29, 0.717) is 48.9 Å². The number of methoxy groups -OCH3 is 1. The molecule has 0 saturated carbocycles. The molecule has 172 valence electrons. The first-order chi connectivity index (χ1) is 15.9. The number of ether oxygens (including phenoxy) is 2. The van der Waals surface area contributed by atoms with Crippen LogP contribution >= 0.6 is 15.9 Å². The molecule has 3 aromatic carbocycles. The Morgan fingerprint density at radius 1 is 1.06 bits per heavy atom. The molecule has 0 radical (unpaired) electrons. The molecule has 0 unspecified atom stereocenters. The number of halogens is 1. The van der Waals surface area contributed by atoms with Gasteiger partial charge in [0.2, 0.25) is 0 Å². The number of rotatable bonds is 8. The normalized spacial score (nSPS) is 13.0. The summed E-state index contributed by atoms with van der Waals surface area (Å²) in [5.41, 5.74) is 2.56. The second kappa shape index (κ2) is 9.94. The summed E-state index contributed by atoms with van der Waals surface area (Å²) >= 11 is 3.38. The van der Waals surface area contributed by atoms with Crippen LogP contribution in [-0.2, 0) is 21.2 Å². The van der Waals surface area contributed by atoms with Crippen LogP contribution in [0.4, 0.5) is 11.4 Å². The van der Waals surface area contributed by atoms with Gasteiger partial charge in [0, 0.05) is 23.8 Å². The first kappa shape index (κ1) is 23.3. The van der Waals surface area contributed by atoms with Gasteiger partial charge in [-0.15, -0.1) is 0 Å². The van der Waals surface area contributed by atoms with Gasteiger partial charge in [0.25, 0.3) is 15.9 Å². The topological polar surface area (TPSA) is 84.9 Å². The minimum absolute atomic E-state index is 0.170. The molecule has 3 aromatic rings. The van der Waals surface area contributed by atoms with Crippen LogP contribution in [0.2, 0.25) is 0 Å². The molecule has 4 rings (SSSR count). The lowest BCUT2D eigenvalue weighted by atomic mass is 10.2. The van der Waals surface area contributed by atoms with E-state index in [9.17, 15) is 13.2 Å². The molecule has 1 heterocycles. The third-order valence-corrected chi connectivity index (χ3v) is 7.60. The number of carbonyl (C=O) groups is 1. The summed E-state index contributed by atoms with van der Waals surface area (Å²) in [6, 6.07) is 18.8. The van der Waals surface area contributed by atoms with E-state index in [0.717, 1.165) is 10.0 Å². The summed E-state index contributed by atoms with van der Waals surface area (Å²) in [6.45, 7) is 1.12. The predicted octanol–water partition coefficient (Wildman–Crippen LogP) is 4.48. The summed E-state index contributed by atoms with van der Waals surface area (Å²) in [5.74, 6) is 0.0624. The summed E-state index contributed by atoms with van der Waals surface area (Å²) in [4.78, 5) is 13.0. The molecular formula is C24H23BrN2O5S. The van der Waals surface area contributed by atoms with E-state index in [2.05, 4.69) is 21.2 Å². The number of sulfonamides is 1. The van der Waals surface area contributed by atoms with Gasteiger partial charge in [-0.2, -0.15) is 0 Å². The van der Waals surface area contributed by atoms with Gasteiger partial charge in [0.1, 0.15) is 12.4 Å². The number of amides is 1. The van der Waals surface area contributed by atoms with Gasteiger partial charge in [-0.05, 0) is 60.5 Å². The third-order valence-electron chi connectivity index (χ3n) is 5.28. The van der Waals surface area contributed by atoms with Crippen molar-refractivity contribution in [1.82, 2.24) is 0 Å². The quantitative estimate of drug-likeness (QED) is 0.434. The maximum absolute atomic E-state index is 13.2. The summed E-state index contributed by atoms with van der Waals surface area (Å²) < 4.78 is 39.1. The number of carbonyl (C=O) groups excluding carboxylic acids is 1. The number of hydrogen-bond acceptors (Lipinski definition) is 5. The van der Waals surface area contributed by atoms with Crippen LogP contribution in [-0.4, -0.2) is 41.2 Å². The Bertz CT molecular complexity index is 1260. The second-order valence-corrected chi connectivity index (χ2v) is 10.2. The average Bonchev–Trinajstić information content (AvgIpc) is 3.25. The van der Waals surface area contributed by atoms with Crippen LogP contribution in [0, 0.1) is 0 Å². The molecule has 9 heteroatoms. The van der Waals surface area contributed by atoms with Crippen molar-refractivity contribution in [2.24, 2.45) is 0 Å². The van der Waals surface area contributed by atoms with Crippen molar-refractivity contribution in [2.45, 2.75) is 11.3 Å². The lowest BCUT2D eigenvalue weighted by Gasteiger charge is -2.19. The number of para-hydroxylation sites is 1. The van der Waals surface area contributed by atoms with Gasteiger partial charge in [0.15, 0.2) is 0 Å². The van der Waals surface area contributed by atoms with Crippen molar-refractivity contribution in [3.63, 3.8) is 0 Å². The number of fused-ring (bicyclic) bond motifs is 1. The number of anilines is 2. The van der Waals surface area contributed by atoms with Crippen LogP contribution < -0.4 is 14.4 Å². The summed E-state index contributed by atoms with van der Waals surface area (Å²) in [5, 5.41) is 2.80. The van der Waals surface area contributed by atoms with E-state index >= 15 is 0 Å². The fourth-order valence-corrected chi connectivity index (χ4v) is 5.50. The largest absolute Gasteiger partial charge is 0.490 e. The van der Waals surface area contributed by atoms with Gasteiger partial charge < -0.3 is 14.8 Å². The standard InChI is InChI=1S/C24H23BrN2O5S/c1-31-14-15-32-23-11-6-18(25)16-21(23)24(28)26-19-7-9-20(10-8-19)33(29,30)27-13-12-17-4-2-3-5-22(17)27/h2-11,16H,12-15H2,1H3,(H,26,28). The minimum Gasteiger partial charge on any atom is -0.490 e. The number of hydrogen-bond donors (Lipinski definition) is 1. The molecule has 0 aromatic heterocycles. The molecule has 1 aliphatic heterocycles. The van der Waals surface area contributed by atoms with Crippen molar-refractivity contribution in [3.05, 3.63) is 82.3 Å². The molecule has 7 nitrogen and oxygen atoms in total. The van der Waals surface area contributed by atoms with E-state index in [1.54, 1.807) is 37.4 Å². The average molecular weight is 531 g/mol. The number of nitrogens with one attached hydrogen (secondary N) is 1. The monoisotopic (exact) mass is 530 g/mol. The Labute approximate surface area is 201 Å². The molecule has 1 aliphatic rings. The molecule has 0 bridgehead atoms. The zero-order valence-corrected chi connectivity index (χ0v) is 20.4. The molecule has 1 N–H and O–H groups in total. The zero-order chi connectivity index (χ0) is 23.4. The van der Waals surface area contributed by atoms with Crippen LogP contribution in [0.25, 0.3) is 0 Å². The first-order valence-electron chi connectivity index (χ1n) is 10.3. The van der Waals surface area contributed by atoms with Gasteiger partial charge in [0.05, 0.1) is 22.8 Å². The maximum Gasteiger partial charge on any atom is 0.264 e. The zero-order valence-electron chi connectivity index (χ0n) is 18.0. The van der Waals surface area contributed by atoms with Crippen molar-refractivity contribution in [3.8, 4) is 5.75 Å². The Hall–Kier alpha value is -2.88. The van der Waals surface area contributed by atoms with E-state index in [4.69, 9.17) is 9.47 Å². The molecule has 0 atom stereocenters. The Kier molecular flexibility index (Phi) is 7.02. The van der Waals surface area contributed by atoms with Crippen molar-refractivity contribution >= 4 is 43.2 Å².